The summed E-state index contributed by atoms with van der Waals surface area (Å²) in [5.41, 5.74) is 2.06. The van der Waals surface area contributed by atoms with Gasteiger partial charge in [-0.15, -0.1) is 0 Å². The van der Waals surface area contributed by atoms with Crippen LogP contribution in [0.4, 0.5) is 5.82 Å². The topological polar surface area (TPSA) is 111 Å². The predicted molar refractivity (Wildman–Crippen MR) is 151 cm³/mol. The van der Waals surface area contributed by atoms with E-state index in [1.54, 1.807) is 18.1 Å². The van der Waals surface area contributed by atoms with Gasteiger partial charge in [0.05, 0.1) is 12.9 Å². The number of anilines is 1. The summed E-state index contributed by atoms with van der Waals surface area (Å²) in [6.07, 6.45) is 8.82. The fourth-order valence-corrected chi connectivity index (χ4v) is 5.33. The number of benzene rings is 1. The third kappa shape index (κ3) is 7.01. The molecule has 2 aromatic heterocycles. The van der Waals surface area contributed by atoms with Crippen LogP contribution in [0, 0.1) is 0 Å². The fraction of sp³-hybridized carbons (Fsp3) is 0.519. The van der Waals surface area contributed by atoms with Gasteiger partial charge in [-0.3, -0.25) is 9.36 Å². The van der Waals surface area contributed by atoms with Crippen LogP contribution in [0.5, 0.6) is 0 Å². The van der Waals surface area contributed by atoms with Gasteiger partial charge in [0, 0.05) is 12.6 Å². The molecular formula is C27H33ClN6O4S. The van der Waals surface area contributed by atoms with Crippen LogP contribution in [0.2, 0.25) is 5.28 Å². The molecule has 1 saturated heterocycles. The maximum atomic E-state index is 13.3. The van der Waals surface area contributed by atoms with Gasteiger partial charge >= 0.3 is 5.97 Å². The van der Waals surface area contributed by atoms with E-state index in [1.165, 1.54) is 0 Å². The van der Waals surface area contributed by atoms with Crippen molar-refractivity contribution in [1.82, 2.24) is 24.8 Å². The molecular weight excluding hydrogens is 540 g/mol. The van der Waals surface area contributed by atoms with Gasteiger partial charge in [0.25, 0.3) is 0 Å². The van der Waals surface area contributed by atoms with Crippen LogP contribution in [0.15, 0.2) is 36.7 Å². The van der Waals surface area contributed by atoms with E-state index >= 15 is 0 Å². The summed E-state index contributed by atoms with van der Waals surface area (Å²) in [6, 6.07) is 8.87. The molecule has 2 aliphatic rings. The summed E-state index contributed by atoms with van der Waals surface area (Å²) in [4.78, 5) is 41.7. The standard InChI is InChI=1S/C27H33ClN6O4S/c1-39-14-12-20(26(36)38-16-18-7-3-2-4-8-18)30-21(35)15-33(19-10-11-19)24-23-25(32-27(28)31-24)34(17-29-23)22-9-5-6-13-37-22/h2-4,7-8,17,19-20,22H,5-6,9-16H2,1H3,(H,30,35)/t20-,22?/m0/s1. The van der Waals surface area contributed by atoms with Crippen molar-refractivity contribution in [2.75, 3.05) is 30.1 Å². The molecule has 1 aliphatic carbocycles. The van der Waals surface area contributed by atoms with E-state index in [4.69, 9.17) is 21.1 Å². The predicted octanol–water partition coefficient (Wildman–Crippen LogP) is 4.13. The molecule has 1 unspecified atom stereocenters. The highest BCUT2D eigenvalue weighted by Crippen LogP contribution is 2.35. The zero-order valence-electron chi connectivity index (χ0n) is 21.9. The Balaban J connectivity index is 1.31. The van der Waals surface area contributed by atoms with Gasteiger partial charge in [0.1, 0.15) is 18.9 Å². The van der Waals surface area contributed by atoms with Crippen molar-refractivity contribution in [3.63, 3.8) is 0 Å². The van der Waals surface area contributed by atoms with Crippen LogP contribution in [0.1, 0.15) is 50.3 Å². The van der Waals surface area contributed by atoms with Crippen LogP contribution in [0.3, 0.4) is 0 Å². The lowest BCUT2D eigenvalue weighted by atomic mass is 10.2. The third-order valence-corrected chi connectivity index (χ3v) is 7.68. The molecule has 0 bridgehead atoms. The minimum Gasteiger partial charge on any atom is -0.459 e. The van der Waals surface area contributed by atoms with Gasteiger partial charge in [-0.2, -0.15) is 21.7 Å². The summed E-state index contributed by atoms with van der Waals surface area (Å²) < 4.78 is 13.4. The smallest absolute Gasteiger partial charge is 0.329 e. The molecule has 39 heavy (non-hydrogen) atoms. The SMILES string of the molecule is CSCC[C@H](NC(=O)CN(c1nc(Cl)nc2c1ncn2C1CCCCO1)C1CC1)C(=O)OCc1ccccc1. The Kier molecular flexibility index (Phi) is 9.21. The highest BCUT2D eigenvalue weighted by Gasteiger charge is 2.35. The van der Waals surface area contributed by atoms with Crippen molar-refractivity contribution >= 4 is 52.2 Å². The molecule has 1 amide bonds. The molecule has 3 aromatic rings. The quantitative estimate of drug-likeness (QED) is 0.253. The van der Waals surface area contributed by atoms with Crippen molar-refractivity contribution in [2.24, 2.45) is 0 Å². The molecule has 3 heterocycles. The largest absolute Gasteiger partial charge is 0.459 e. The molecule has 1 N–H and O–H groups in total. The maximum Gasteiger partial charge on any atom is 0.329 e. The Labute approximate surface area is 236 Å². The highest BCUT2D eigenvalue weighted by atomic mass is 35.5. The van der Waals surface area contributed by atoms with Crippen molar-refractivity contribution in [3.05, 3.63) is 47.5 Å². The molecule has 5 rings (SSSR count). The first-order valence-electron chi connectivity index (χ1n) is 13.3. The minimum atomic E-state index is -0.744. The van der Waals surface area contributed by atoms with Crippen LogP contribution in [-0.2, 0) is 25.7 Å². The number of fused-ring (bicyclic) bond motifs is 1. The van der Waals surface area contributed by atoms with E-state index in [0.29, 0.717) is 35.8 Å². The first kappa shape index (κ1) is 27.7. The number of hydrogen-bond donors (Lipinski definition) is 1. The Morgan fingerprint density at radius 1 is 1.23 bits per heavy atom. The second kappa shape index (κ2) is 13.0. The molecule has 0 spiro atoms. The van der Waals surface area contributed by atoms with Gasteiger partial charge in [-0.1, -0.05) is 30.3 Å². The molecule has 1 aromatic carbocycles. The normalized spacial score (nSPS) is 18.1. The number of carbonyl (C=O) groups excluding carboxylic acids is 2. The zero-order chi connectivity index (χ0) is 27.2. The number of halogens is 1. The number of nitrogens with one attached hydrogen (secondary N) is 1. The Morgan fingerprint density at radius 2 is 2.05 bits per heavy atom. The number of carbonyl (C=O) groups is 2. The number of nitrogens with zero attached hydrogens (tertiary/aromatic N) is 5. The minimum absolute atomic E-state index is 0.0155. The summed E-state index contributed by atoms with van der Waals surface area (Å²) in [5, 5.41) is 2.99. The summed E-state index contributed by atoms with van der Waals surface area (Å²) in [5.74, 6) is 0.491. The lowest BCUT2D eigenvalue weighted by molar-refractivity contribution is -0.149. The third-order valence-electron chi connectivity index (χ3n) is 6.87. The second-order valence-electron chi connectivity index (χ2n) is 9.82. The number of esters is 1. The summed E-state index contributed by atoms with van der Waals surface area (Å²) >= 11 is 7.98. The van der Waals surface area contributed by atoms with Crippen LogP contribution in [0.25, 0.3) is 11.2 Å². The number of aromatic nitrogens is 4. The number of thioether (sulfide) groups is 1. The van der Waals surface area contributed by atoms with Crippen molar-refractivity contribution in [3.8, 4) is 0 Å². The maximum absolute atomic E-state index is 13.3. The van der Waals surface area contributed by atoms with Gasteiger partial charge < -0.3 is 19.7 Å². The van der Waals surface area contributed by atoms with Crippen LogP contribution < -0.4 is 10.2 Å². The van der Waals surface area contributed by atoms with Crippen molar-refractivity contribution in [1.29, 1.82) is 0 Å². The van der Waals surface area contributed by atoms with E-state index in [2.05, 4.69) is 20.3 Å². The number of imidazole rings is 1. The van der Waals surface area contributed by atoms with Gasteiger partial charge in [-0.05, 0) is 67.7 Å². The van der Waals surface area contributed by atoms with Gasteiger partial charge in [0.15, 0.2) is 17.0 Å². The fourth-order valence-electron chi connectivity index (χ4n) is 4.70. The van der Waals surface area contributed by atoms with Crippen LogP contribution >= 0.6 is 23.4 Å². The van der Waals surface area contributed by atoms with Gasteiger partial charge in [0.2, 0.25) is 11.2 Å². The Morgan fingerprint density at radius 3 is 2.77 bits per heavy atom. The molecule has 0 radical (unpaired) electrons. The average molecular weight is 573 g/mol. The van der Waals surface area contributed by atoms with E-state index < -0.39 is 12.0 Å². The first-order valence-corrected chi connectivity index (χ1v) is 15.1. The van der Waals surface area contributed by atoms with E-state index in [9.17, 15) is 9.59 Å². The summed E-state index contributed by atoms with van der Waals surface area (Å²) in [7, 11) is 0. The van der Waals surface area contributed by atoms with Crippen LogP contribution in [-0.4, -0.2) is 68.6 Å². The zero-order valence-corrected chi connectivity index (χ0v) is 23.5. The lowest BCUT2D eigenvalue weighted by Crippen LogP contribution is -2.47. The van der Waals surface area contributed by atoms with Gasteiger partial charge in [-0.25, -0.2) is 9.78 Å². The number of rotatable bonds is 12. The van der Waals surface area contributed by atoms with E-state index in [-0.39, 0.29) is 36.6 Å². The molecule has 2 atom stereocenters. The molecule has 208 valence electrons. The first-order chi connectivity index (χ1) is 19.0. The molecule has 12 heteroatoms. The molecule has 2 fully saturated rings. The monoisotopic (exact) mass is 572 g/mol. The second-order valence-corrected chi connectivity index (χ2v) is 11.1. The Bertz CT molecular complexity index is 1280. The van der Waals surface area contributed by atoms with E-state index in [1.807, 2.05) is 46.1 Å². The Hall–Kier alpha value is -2.89. The molecule has 10 nitrogen and oxygen atoms in total. The van der Waals surface area contributed by atoms with Crippen molar-refractivity contribution in [2.45, 2.75) is 63.4 Å². The number of hydrogen-bond acceptors (Lipinski definition) is 9. The lowest BCUT2D eigenvalue weighted by Gasteiger charge is -2.26. The average Bonchev–Trinajstić information content (AvgIpc) is 3.72. The molecule has 1 aliphatic heterocycles. The number of amides is 1. The molecule has 1 saturated carbocycles. The van der Waals surface area contributed by atoms with E-state index in [0.717, 1.165) is 37.7 Å². The highest BCUT2D eigenvalue weighted by molar-refractivity contribution is 7.98. The number of ether oxygens (including phenoxy) is 2. The van der Waals surface area contributed by atoms with Crippen molar-refractivity contribution < 1.29 is 19.1 Å². The summed E-state index contributed by atoms with van der Waals surface area (Å²) in [6.45, 7) is 0.863.